The standard InChI is InChI=1S/C20H25N3O6S/c1-14(2)15-3-5-17(6-4-15)30(26,27)23-10-7-16(8-11-23)20(25)28-13-19(24)21-18-9-12-29-22-18/h3-6,9,12,14,16H,7-8,10-11,13H2,1-2H3,(H,21,22,24). The van der Waals surface area contributed by atoms with Crippen LogP contribution in [-0.2, 0) is 24.3 Å². The molecular weight excluding hydrogens is 410 g/mol. The highest BCUT2D eigenvalue weighted by Crippen LogP contribution is 2.26. The smallest absolute Gasteiger partial charge is 0.309 e. The molecule has 1 saturated heterocycles. The van der Waals surface area contributed by atoms with Gasteiger partial charge in [-0.15, -0.1) is 0 Å². The summed E-state index contributed by atoms with van der Waals surface area (Å²) in [5.41, 5.74) is 1.07. The van der Waals surface area contributed by atoms with E-state index in [9.17, 15) is 18.0 Å². The maximum atomic E-state index is 12.9. The van der Waals surface area contributed by atoms with E-state index in [2.05, 4.69) is 15.0 Å². The lowest BCUT2D eigenvalue weighted by molar-refractivity contribution is -0.152. The predicted molar refractivity (Wildman–Crippen MR) is 108 cm³/mol. The first-order valence-corrected chi connectivity index (χ1v) is 11.2. The van der Waals surface area contributed by atoms with Gasteiger partial charge in [-0.3, -0.25) is 9.59 Å². The average Bonchev–Trinajstić information content (AvgIpc) is 3.25. The van der Waals surface area contributed by atoms with Crippen molar-refractivity contribution in [2.45, 2.75) is 37.5 Å². The van der Waals surface area contributed by atoms with Crippen LogP contribution in [0.1, 0.15) is 38.2 Å². The monoisotopic (exact) mass is 435 g/mol. The molecule has 2 aromatic rings. The second-order valence-corrected chi connectivity index (χ2v) is 9.38. The van der Waals surface area contributed by atoms with Crippen molar-refractivity contribution in [3.8, 4) is 0 Å². The number of esters is 1. The summed E-state index contributed by atoms with van der Waals surface area (Å²) in [4.78, 5) is 24.2. The molecule has 1 amide bonds. The van der Waals surface area contributed by atoms with E-state index >= 15 is 0 Å². The van der Waals surface area contributed by atoms with E-state index in [0.29, 0.717) is 18.8 Å². The van der Waals surface area contributed by atoms with Gasteiger partial charge in [-0.25, -0.2) is 8.42 Å². The van der Waals surface area contributed by atoms with Gasteiger partial charge in [0.2, 0.25) is 10.0 Å². The van der Waals surface area contributed by atoms with Gasteiger partial charge in [-0.2, -0.15) is 4.31 Å². The molecule has 0 bridgehead atoms. The van der Waals surface area contributed by atoms with Gasteiger partial charge in [0.05, 0.1) is 10.8 Å². The van der Waals surface area contributed by atoms with Crippen molar-refractivity contribution >= 4 is 27.7 Å². The summed E-state index contributed by atoms with van der Waals surface area (Å²) >= 11 is 0. The number of piperidine rings is 1. The van der Waals surface area contributed by atoms with E-state index in [1.165, 1.54) is 16.6 Å². The Morgan fingerprint density at radius 1 is 1.20 bits per heavy atom. The Morgan fingerprint density at radius 3 is 2.43 bits per heavy atom. The zero-order valence-corrected chi connectivity index (χ0v) is 17.7. The Bertz CT molecular complexity index is 962. The average molecular weight is 436 g/mol. The predicted octanol–water partition coefficient (Wildman–Crippen LogP) is 2.38. The summed E-state index contributed by atoms with van der Waals surface area (Å²) in [5, 5.41) is 5.96. The highest BCUT2D eigenvalue weighted by Gasteiger charge is 2.33. The van der Waals surface area contributed by atoms with Crippen LogP contribution in [0.5, 0.6) is 0 Å². The van der Waals surface area contributed by atoms with E-state index in [-0.39, 0.29) is 23.8 Å². The quantitative estimate of drug-likeness (QED) is 0.663. The Morgan fingerprint density at radius 2 is 1.87 bits per heavy atom. The van der Waals surface area contributed by atoms with Gasteiger partial charge in [0.1, 0.15) is 6.26 Å². The van der Waals surface area contributed by atoms with Crippen molar-refractivity contribution in [1.82, 2.24) is 9.46 Å². The molecular formula is C20H25N3O6S. The highest BCUT2D eigenvalue weighted by atomic mass is 32.2. The van der Waals surface area contributed by atoms with Crippen LogP contribution >= 0.6 is 0 Å². The summed E-state index contributed by atoms with van der Waals surface area (Å²) in [6.07, 6.45) is 1.99. The molecule has 3 rings (SSSR count). The first-order chi connectivity index (χ1) is 14.3. The second kappa shape index (κ2) is 9.40. The summed E-state index contributed by atoms with van der Waals surface area (Å²) in [7, 11) is -3.61. The first kappa shape index (κ1) is 22.0. The molecule has 0 spiro atoms. The maximum Gasteiger partial charge on any atom is 0.309 e. The van der Waals surface area contributed by atoms with Gasteiger partial charge in [0.15, 0.2) is 12.4 Å². The summed E-state index contributed by atoms with van der Waals surface area (Å²) in [5.74, 6) is -0.928. The molecule has 2 heterocycles. The number of sulfonamides is 1. The fourth-order valence-electron chi connectivity index (χ4n) is 3.22. The summed E-state index contributed by atoms with van der Waals surface area (Å²) in [6, 6.07) is 8.36. The van der Waals surface area contributed by atoms with Crippen molar-refractivity contribution in [2.75, 3.05) is 25.0 Å². The third-order valence-corrected chi connectivity index (χ3v) is 6.94. The van der Waals surface area contributed by atoms with Crippen LogP contribution in [0.25, 0.3) is 0 Å². The van der Waals surface area contributed by atoms with Crippen LogP contribution in [0.2, 0.25) is 0 Å². The van der Waals surface area contributed by atoms with Gasteiger partial charge in [-0.05, 0) is 36.5 Å². The van der Waals surface area contributed by atoms with E-state index in [4.69, 9.17) is 4.74 Å². The van der Waals surface area contributed by atoms with Crippen molar-refractivity contribution in [3.63, 3.8) is 0 Å². The number of benzene rings is 1. The Hall–Kier alpha value is -2.72. The third kappa shape index (κ3) is 5.25. The number of rotatable bonds is 7. The van der Waals surface area contributed by atoms with E-state index in [1.807, 2.05) is 26.0 Å². The first-order valence-electron chi connectivity index (χ1n) is 9.74. The minimum Gasteiger partial charge on any atom is -0.455 e. The number of carbonyl (C=O) groups is 2. The van der Waals surface area contributed by atoms with Gasteiger partial charge in [0.25, 0.3) is 5.91 Å². The zero-order chi connectivity index (χ0) is 21.7. The van der Waals surface area contributed by atoms with E-state index < -0.39 is 34.4 Å². The number of carbonyl (C=O) groups excluding carboxylic acids is 2. The lowest BCUT2D eigenvalue weighted by atomic mass is 9.98. The van der Waals surface area contributed by atoms with Crippen molar-refractivity contribution < 1.29 is 27.3 Å². The molecule has 0 radical (unpaired) electrons. The van der Waals surface area contributed by atoms with Gasteiger partial charge in [-0.1, -0.05) is 31.1 Å². The molecule has 1 fully saturated rings. The fourth-order valence-corrected chi connectivity index (χ4v) is 4.69. The van der Waals surface area contributed by atoms with Crippen LogP contribution < -0.4 is 5.32 Å². The molecule has 10 heteroatoms. The number of hydrogen-bond donors (Lipinski definition) is 1. The van der Waals surface area contributed by atoms with E-state index in [1.54, 1.807) is 12.1 Å². The summed E-state index contributed by atoms with van der Waals surface area (Å²) in [6.45, 7) is 4.10. The molecule has 0 saturated carbocycles. The van der Waals surface area contributed by atoms with Gasteiger partial charge < -0.3 is 14.6 Å². The van der Waals surface area contributed by atoms with Crippen molar-refractivity contribution in [2.24, 2.45) is 5.92 Å². The highest BCUT2D eigenvalue weighted by molar-refractivity contribution is 7.89. The van der Waals surface area contributed by atoms with Crippen LogP contribution in [-0.4, -0.2) is 49.5 Å². The number of ether oxygens (including phenoxy) is 1. The Kier molecular flexibility index (Phi) is 6.88. The molecule has 1 aliphatic heterocycles. The zero-order valence-electron chi connectivity index (χ0n) is 16.9. The number of aromatic nitrogens is 1. The lowest BCUT2D eigenvalue weighted by Crippen LogP contribution is -2.40. The second-order valence-electron chi connectivity index (χ2n) is 7.44. The van der Waals surface area contributed by atoms with Crippen LogP contribution in [0.15, 0.2) is 46.0 Å². The van der Waals surface area contributed by atoms with Crippen LogP contribution in [0.3, 0.4) is 0 Å². The topological polar surface area (TPSA) is 119 Å². The maximum absolute atomic E-state index is 12.9. The lowest BCUT2D eigenvalue weighted by Gasteiger charge is -2.30. The largest absolute Gasteiger partial charge is 0.455 e. The molecule has 1 aromatic heterocycles. The minimum atomic E-state index is -3.61. The van der Waals surface area contributed by atoms with Gasteiger partial charge >= 0.3 is 5.97 Å². The molecule has 1 aromatic carbocycles. The van der Waals surface area contributed by atoms with Gasteiger partial charge in [0, 0.05) is 19.2 Å². The molecule has 1 aliphatic rings. The third-order valence-electron chi connectivity index (χ3n) is 5.02. The Labute approximate surface area is 175 Å². The number of nitrogens with one attached hydrogen (secondary N) is 1. The molecule has 162 valence electrons. The normalized spacial score (nSPS) is 15.8. The molecule has 9 nitrogen and oxygen atoms in total. The number of amides is 1. The fraction of sp³-hybridized carbons (Fsp3) is 0.450. The molecule has 0 aliphatic carbocycles. The number of hydrogen-bond acceptors (Lipinski definition) is 7. The molecule has 1 N–H and O–H groups in total. The Balaban J connectivity index is 1.49. The summed E-state index contributed by atoms with van der Waals surface area (Å²) < 4.78 is 36.7. The van der Waals surface area contributed by atoms with E-state index in [0.717, 1.165) is 5.56 Å². The number of nitrogens with zero attached hydrogens (tertiary/aromatic N) is 2. The molecule has 0 unspecified atom stereocenters. The van der Waals surface area contributed by atoms with Crippen molar-refractivity contribution in [1.29, 1.82) is 0 Å². The molecule has 0 atom stereocenters. The van der Waals surface area contributed by atoms with Crippen LogP contribution in [0.4, 0.5) is 5.82 Å². The molecule has 30 heavy (non-hydrogen) atoms. The minimum absolute atomic E-state index is 0.221. The van der Waals surface area contributed by atoms with Crippen LogP contribution in [0, 0.1) is 5.92 Å². The SMILES string of the molecule is CC(C)c1ccc(S(=O)(=O)N2CCC(C(=O)OCC(=O)Nc3ccon3)CC2)cc1. The van der Waals surface area contributed by atoms with Crippen molar-refractivity contribution in [3.05, 3.63) is 42.2 Å². The number of anilines is 1.